The molecule has 2 aromatic rings. The first kappa shape index (κ1) is 15.5. The molecule has 0 aromatic heterocycles. The Labute approximate surface area is 134 Å². The van der Waals surface area contributed by atoms with E-state index in [1.165, 1.54) is 0 Å². The van der Waals surface area contributed by atoms with E-state index < -0.39 is 6.10 Å². The fourth-order valence-corrected chi connectivity index (χ4v) is 2.27. The highest BCUT2D eigenvalue weighted by Crippen LogP contribution is 2.35. The Kier molecular flexibility index (Phi) is 4.85. The number of benzene rings is 2. The van der Waals surface area contributed by atoms with Gasteiger partial charge in [-0.15, -0.1) is 0 Å². The van der Waals surface area contributed by atoms with E-state index in [9.17, 15) is 10.2 Å². The standard InChI is InChI=1S/C17H19NO5/c19-13-3-1-2-12(6-13)8-18-9-14(20)10-21-15-4-5-16-17(7-15)23-11-22-16/h1-7,14,18-20H,8-11H2. The van der Waals surface area contributed by atoms with Gasteiger partial charge in [0.2, 0.25) is 6.79 Å². The molecule has 1 heterocycles. The summed E-state index contributed by atoms with van der Waals surface area (Å²) in [6.07, 6.45) is -0.641. The van der Waals surface area contributed by atoms with Crippen molar-refractivity contribution in [2.45, 2.75) is 12.6 Å². The van der Waals surface area contributed by atoms with Crippen LogP contribution in [0.3, 0.4) is 0 Å². The van der Waals surface area contributed by atoms with Gasteiger partial charge in [0, 0.05) is 19.2 Å². The SMILES string of the molecule is Oc1cccc(CNCC(O)COc2ccc3c(c2)OCO3)c1. The molecule has 0 saturated carbocycles. The summed E-state index contributed by atoms with van der Waals surface area (Å²) in [6.45, 7) is 1.35. The number of aliphatic hydroxyl groups excluding tert-OH is 1. The number of nitrogens with one attached hydrogen (secondary N) is 1. The van der Waals surface area contributed by atoms with Crippen LogP contribution >= 0.6 is 0 Å². The molecule has 0 radical (unpaired) electrons. The van der Waals surface area contributed by atoms with E-state index in [1.807, 2.05) is 6.07 Å². The number of phenolic OH excluding ortho intramolecular Hbond substituents is 1. The Morgan fingerprint density at radius 1 is 1.13 bits per heavy atom. The molecule has 23 heavy (non-hydrogen) atoms. The van der Waals surface area contributed by atoms with Crippen LogP contribution in [-0.2, 0) is 6.54 Å². The Balaban J connectivity index is 1.40. The van der Waals surface area contributed by atoms with E-state index in [0.717, 1.165) is 5.56 Å². The maximum Gasteiger partial charge on any atom is 0.231 e. The summed E-state index contributed by atoms with van der Waals surface area (Å²) in [7, 11) is 0. The smallest absolute Gasteiger partial charge is 0.231 e. The predicted octanol–water partition coefficient (Wildman–Crippen LogP) is 1.65. The van der Waals surface area contributed by atoms with Crippen molar-refractivity contribution in [2.75, 3.05) is 19.9 Å². The fourth-order valence-electron chi connectivity index (χ4n) is 2.27. The third-order valence-electron chi connectivity index (χ3n) is 3.41. The summed E-state index contributed by atoms with van der Waals surface area (Å²) in [6, 6.07) is 12.3. The average molecular weight is 317 g/mol. The highest BCUT2D eigenvalue weighted by Gasteiger charge is 2.14. The van der Waals surface area contributed by atoms with Gasteiger partial charge in [-0.3, -0.25) is 0 Å². The molecule has 6 heteroatoms. The maximum absolute atomic E-state index is 9.94. The summed E-state index contributed by atoms with van der Waals surface area (Å²) < 4.78 is 16.0. The number of ether oxygens (including phenoxy) is 3. The number of aliphatic hydroxyl groups is 1. The molecule has 0 spiro atoms. The van der Waals surface area contributed by atoms with Crippen LogP contribution in [0.15, 0.2) is 42.5 Å². The van der Waals surface area contributed by atoms with E-state index in [-0.39, 0.29) is 19.1 Å². The monoisotopic (exact) mass is 317 g/mol. The van der Waals surface area contributed by atoms with E-state index in [4.69, 9.17) is 14.2 Å². The van der Waals surface area contributed by atoms with Gasteiger partial charge < -0.3 is 29.7 Å². The molecule has 0 aliphatic carbocycles. The number of aromatic hydroxyl groups is 1. The van der Waals surface area contributed by atoms with Gasteiger partial charge in [-0.25, -0.2) is 0 Å². The Morgan fingerprint density at radius 2 is 2.00 bits per heavy atom. The van der Waals surface area contributed by atoms with Crippen LogP contribution in [0, 0.1) is 0 Å². The van der Waals surface area contributed by atoms with Crippen LogP contribution < -0.4 is 19.5 Å². The van der Waals surface area contributed by atoms with Gasteiger partial charge in [0.05, 0.1) is 0 Å². The molecule has 0 fully saturated rings. The molecule has 122 valence electrons. The topological polar surface area (TPSA) is 80.2 Å². The van der Waals surface area contributed by atoms with Crippen LogP contribution in [0.2, 0.25) is 0 Å². The van der Waals surface area contributed by atoms with Gasteiger partial charge in [0.1, 0.15) is 24.2 Å². The molecular weight excluding hydrogens is 298 g/mol. The molecular formula is C17H19NO5. The number of phenols is 1. The van der Waals surface area contributed by atoms with Crippen LogP contribution in [0.1, 0.15) is 5.56 Å². The first-order chi connectivity index (χ1) is 11.2. The minimum Gasteiger partial charge on any atom is -0.508 e. The van der Waals surface area contributed by atoms with Crippen LogP contribution in [0.25, 0.3) is 0 Å². The molecule has 6 nitrogen and oxygen atoms in total. The minimum atomic E-state index is -0.641. The molecule has 2 aromatic carbocycles. The van der Waals surface area contributed by atoms with Crippen molar-refractivity contribution in [3.05, 3.63) is 48.0 Å². The molecule has 3 rings (SSSR count). The van der Waals surface area contributed by atoms with Gasteiger partial charge >= 0.3 is 0 Å². The largest absolute Gasteiger partial charge is 0.508 e. The Morgan fingerprint density at radius 3 is 2.87 bits per heavy atom. The molecule has 3 N–H and O–H groups in total. The second-order valence-corrected chi connectivity index (χ2v) is 5.28. The van der Waals surface area contributed by atoms with Crippen molar-refractivity contribution in [3.8, 4) is 23.0 Å². The third kappa shape index (κ3) is 4.28. The van der Waals surface area contributed by atoms with Gasteiger partial charge in [0.15, 0.2) is 11.5 Å². The van der Waals surface area contributed by atoms with Crippen molar-refractivity contribution < 1.29 is 24.4 Å². The van der Waals surface area contributed by atoms with Gasteiger partial charge in [-0.2, -0.15) is 0 Å². The predicted molar refractivity (Wildman–Crippen MR) is 83.9 cm³/mol. The normalized spacial score (nSPS) is 13.8. The highest BCUT2D eigenvalue weighted by molar-refractivity contribution is 5.46. The lowest BCUT2D eigenvalue weighted by Gasteiger charge is -2.13. The van der Waals surface area contributed by atoms with Crippen LogP contribution in [0.5, 0.6) is 23.0 Å². The first-order valence-corrected chi connectivity index (χ1v) is 7.40. The number of fused-ring (bicyclic) bond motifs is 1. The summed E-state index contributed by atoms with van der Waals surface area (Å²) in [5.41, 5.74) is 0.953. The zero-order chi connectivity index (χ0) is 16.1. The molecule has 0 bridgehead atoms. The van der Waals surface area contributed by atoms with Crippen molar-refractivity contribution in [3.63, 3.8) is 0 Å². The quantitative estimate of drug-likeness (QED) is 0.720. The highest BCUT2D eigenvalue weighted by atomic mass is 16.7. The van der Waals surface area contributed by atoms with Crippen LogP contribution in [0.4, 0.5) is 0 Å². The Bertz CT molecular complexity index is 661. The lowest BCUT2D eigenvalue weighted by Crippen LogP contribution is -2.31. The summed E-state index contributed by atoms with van der Waals surface area (Å²) in [5, 5.41) is 22.4. The summed E-state index contributed by atoms with van der Waals surface area (Å²) >= 11 is 0. The first-order valence-electron chi connectivity index (χ1n) is 7.40. The van der Waals surface area contributed by atoms with E-state index in [0.29, 0.717) is 30.3 Å². The summed E-state index contributed by atoms with van der Waals surface area (Å²) in [4.78, 5) is 0. The van der Waals surface area contributed by atoms with Crippen molar-refractivity contribution in [1.82, 2.24) is 5.32 Å². The second-order valence-electron chi connectivity index (χ2n) is 5.28. The van der Waals surface area contributed by atoms with E-state index >= 15 is 0 Å². The molecule has 1 aliphatic rings. The molecule has 0 amide bonds. The third-order valence-corrected chi connectivity index (χ3v) is 3.41. The zero-order valence-corrected chi connectivity index (χ0v) is 12.6. The van der Waals surface area contributed by atoms with E-state index in [2.05, 4.69) is 5.32 Å². The minimum absolute atomic E-state index is 0.173. The number of hydrogen-bond donors (Lipinski definition) is 3. The summed E-state index contributed by atoms with van der Waals surface area (Å²) in [5.74, 6) is 2.21. The van der Waals surface area contributed by atoms with Crippen molar-refractivity contribution in [1.29, 1.82) is 0 Å². The lowest BCUT2D eigenvalue weighted by atomic mass is 10.2. The molecule has 0 saturated heterocycles. The second kappa shape index (κ2) is 7.21. The molecule has 1 unspecified atom stereocenters. The molecule has 1 aliphatic heterocycles. The molecule has 1 atom stereocenters. The van der Waals surface area contributed by atoms with Gasteiger partial charge in [0.25, 0.3) is 0 Å². The van der Waals surface area contributed by atoms with Crippen LogP contribution in [-0.4, -0.2) is 36.3 Å². The van der Waals surface area contributed by atoms with E-state index in [1.54, 1.807) is 36.4 Å². The van der Waals surface area contributed by atoms with Gasteiger partial charge in [-0.1, -0.05) is 12.1 Å². The van der Waals surface area contributed by atoms with Crippen molar-refractivity contribution >= 4 is 0 Å². The number of hydrogen-bond acceptors (Lipinski definition) is 6. The zero-order valence-electron chi connectivity index (χ0n) is 12.6. The fraction of sp³-hybridized carbons (Fsp3) is 0.294. The Hall–Kier alpha value is -2.44. The maximum atomic E-state index is 9.94. The average Bonchev–Trinajstić information content (AvgIpc) is 3.00. The lowest BCUT2D eigenvalue weighted by molar-refractivity contribution is 0.106. The van der Waals surface area contributed by atoms with Gasteiger partial charge in [-0.05, 0) is 29.8 Å². The van der Waals surface area contributed by atoms with Crippen molar-refractivity contribution in [2.24, 2.45) is 0 Å². The number of rotatable bonds is 7.